The minimum Gasteiger partial charge on any atom is -0.399 e. The van der Waals surface area contributed by atoms with Gasteiger partial charge in [-0.15, -0.1) is 0 Å². The van der Waals surface area contributed by atoms with Crippen molar-refractivity contribution in [1.29, 1.82) is 0 Å². The number of benzene rings is 1. The van der Waals surface area contributed by atoms with Crippen LogP contribution in [0.5, 0.6) is 0 Å². The number of hydrogen-bond donors (Lipinski definition) is 3. The van der Waals surface area contributed by atoms with Gasteiger partial charge in [0.05, 0.1) is 12.0 Å². The molecule has 19 heavy (non-hydrogen) atoms. The van der Waals surface area contributed by atoms with Crippen LogP contribution in [0.3, 0.4) is 0 Å². The summed E-state index contributed by atoms with van der Waals surface area (Å²) in [7, 11) is 1.42. The van der Waals surface area contributed by atoms with Gasteiger partial charge in [0, 0.05) is 18.4 Å². The van der Waals surface area contributed by atoms with E-state index in [0.717, 1.165) is 4.90 Å². The van der Waals surface area contributed by atoms with E-state index in [1.165, 1.54) is 19.2 Å². The van der Waals surface area contributed by atoms with Gasteiger partial charge in [0.2, 0.25) is 5.91 Å². The number of rotatable bonds is 3. The molecule has 0 aliphatic carbocycles. The Balaban J connectivity index is 2.29. The fourth-order valence-corrected chi connectivity index (χ4v) is 1.95. The molecule has 0 bridgehead atoms. The van der Waals surface area contributed by atoms with Crippen molar-refractivity contribution >= 4 is 29.1 Å². The van der Waals surface area contributed by atoms with E-state index in [9.17, 15) is 14.4 Å². The molecule has 1 aliphatic heterocycles. The molecule has 100 valence electrons. The third kappa shape index (κ3) is 2.35. The summed E-state index contributed by atoms with van der Waals surface area (Å²) < 4.78 is 0. The van der Waals surface area contributed by atoms with Crippen LogP contribution in [-0.4, -0.2) is 35.7 Å². The van der Waals surface area contributed by atoms with Crippen LogP contribution in [-0.2, 0) is 9.59 Å². The number of likely N-dealkylation sites (tertiary alicyclic amines) is 1. The van der Waals surface area contributed by atoms with Gasteiger partial charge in [-0.2, -0.15) is 0 Å². The highest BCUT2D eigenvalue weighted by Gasteiger charge is 2.36. The Kier molecular flexibility index (Phi) is 3.12. The third-order valence-electron chi connectivity index (χ3n) is 3.02. The maximum absolute atomic E-state index is 11.8. The lowest BCUT2D eigenvalue weighted by atomic mass is 10.1. The van der Waals surface area contributed by atoms with Gasteiger partial charge in [-0.3, -0.25) is 19.3 Å². The first-order valence-electron chi connectivity index (χ1n) is 5.66. The summed E-state index contributed by atoms with van der Waals surface area (Å²) in [5.41, 5.74) is 11.9. The highest BCUT2D eigenvalue weighted by atomic mass is 16.2. The number of nitrogens with two attached hydrogens (primary N) is 2. The second kappa shape index (κ2) is 4.60. The van der Waals surface area contributed by atoms with Crippen molar-refractivity contribution in [3.8, 4) is 0 Å². The van der Waals surface area contributed by atoms with Crippen LogP contribution in [0.25, 0.3) is 0 Å². The van der Waals surface area contributed by atoms with Gasteiger partial charge >= 0.3 is 0 Å². The van der Waals surface area contributed by atoms with Crippen molar-refractivity contribution in [2.45, 2.75) is 12.5 Å². The quantitative estimate of drug-likeness (QED) is 0.503. The van der Waals surface area contributed by atoms with Crippen LogP contribution in [0.15, 0.2) is 18.2 Å². The van der Waals surface area contributed by atoms with Crippen LogP contribution < -0.4 is 16.8 Å². The number of primary amides is 1. The highest BCUT2D eigenvalue weighted by Crippen LogP contribution is 2.23. The molecule has 1 saturated heterocycles. The second-order valence-corrected chi connectivity index (χ2v) is 4.36. The van der Waals surface area contributed by atoms with E-state index in [4.69, 9.17) is 11.5 Å². The topological polar surface area (TPSA) is 119 Å². The van der Waals surface area contributed by atoms with Gasteiger partial charge in [-0.05, 0) is 18.2 Å². The first kappa shape index (κ1) is 12.9. The summed E-state index contributed by atoms with van der Waals surface area (Å²) >= 11 is 0. The number of anilines is 2. The van der Waals surface area contributed by atoms with Gasteiger partial charge in [0.1, 0.15) is 6.04 Å². The second-order valence-electron chi connectivity index (χ2n) is 4.36. The molecular weight excluding hydrogens is 248 g/mol. The first-order chi connectivity index (χ1) is 8.90. The average molecular weight is 262 g/mol. The van der Waals surface area contributed by atoms with Crippen molar-refractivity contribution in [2.75, 3.05) is 18.1 Å². The Hall–Kier alpha value is -2.57. The molecule has 1 fully saturated rings. The maximum Gasteiger partial charge on any atom is 0.251 e. The molecule has 0 aromatic heterocycles. The SMILES string of the molecule is CN1C(=O)CC(Nc2cc(N)ccc2C(N)=O)C1=O. The molecule has 1 atom stereocenters. The van der Waals surface area contributed by atoms with Crippen LogP contribution in [0.1, 0.15) is 16.8 Å². The Bertz CT molecular complexity index is 570. The predicted molar refractivity (Wildman–Crippen MR) is 69.2 cm³/mol. The number of nitrogen functional groups attached to an aromatic ring is 1. The number of nitrogens with zero attached hydrogens (tertiary/aromatic N) is 1. The Labute approximate surface area is 109 Å². The summed E-state index contributed by atoms with van der Waals surface area (Å²) in [6.45, 7) is 0. The summed E-state index contributed by atoms with van der Waals surface area (Å²) in [6, 6.07) is 3.83. The van der Waals surface area contributed by atoms with Gasteiger partial charge in [0.25, 0.3) is 11.8 Å². The molecule has 1 aromatic rings. The van der Waals surface area contributed by atoms with E-state index in [2.05, 4.69) is 5.32 Å². The minimum atomic E-state index is -0.697. The zero-order chi connectivity index (χ0) is 14.2. The van der Waals surface area contributed by atoms with E-state index >= 15 is 0 Å². The van der Waals surface area contributed by atoms with Gasteiger partial charge < -0.3 is 16.8 Å². The van der Waals surface area contributed by atoms with Crippen molar-refractivity contribution in [2.24, 2.45) is 5.73 Å². The molecule has 0 radical (unpaired) electrons. The lowest BCUT2D eigenvalue weighted by Gasteiger charge is -2.15. The fourth-order valence-electron chi connectivity index (χ4n) is 1.95. The molecular formula is C12H14N4O3. The minimum absolute atomic E-state index is 0.0440. The zero-order valence-electron chi connectivity index (χ0n) is 10.3. The molecule has 5 N–H and O–H groups in total. The van der Waals surface area contributed by atoms with E-state index in [-0.39, 0.29) is 23.8 Å². The maximum atomic E-state index is 11.8. The number of hydrogen-bond acceptors (Lipinski definition) is 5. The van der Waals surface area contributed by atoms with Crippen molar-refractivity contribution in [1.82, 2.24) is 4.90 Å². The number of amides is 3. The number of nitrogens with one attached hydrogen (secondary N) is 1. The third-order valence-corrected chi connectivity index (χ3v) is 3.02. The van der Waals surface area contributed by atoms with Gasteiger partial charge in [-0.1, -0.05) is 0 Å². The zero-order valence-corrected chi connectivity index (χ0v) is 10.3. The summed E-state index contributed by atoms with van der Waals surface area (Å²) in [6.07, 6.45) is 0.0440. The number of imide groups is 1. The van der Waals surface area contributed by atoms with Crippen molar-refractivity contribution in [3.05, 3.63) is 23.8 Å². The van der Waals surface area contributed by atoms with Crippen LogP contribution in [0.2, 0.25) is 0 Å². The average Bonchev–Trinajstić information content (AvgIpc) is 2.57. The molecule has 2 rings (SSSR count). The molecule has 7 nitrogen and oxygen atoms in total. The molecule has 0 spiro atoms. The predicted octanol–water partition coefficient (Wildman–Crippen LogP) is -0.463. The van der Waals surface area contributed by atoms with Crippen molar-refractivity contribution in [3.63, 3.8) is 0 Å². The lowest BCUT2D eigenvalue weighted by Crippen LogP contribution is -2.32. The highest BCUT2D eigenvalue weighted by molar-refractivity contribution is 6.07. The van der Waals surface area contributed by atoms with E-state index in [0.29, 0.717) is 11.4 Å². The smallest absolute Gasteiger partial charge is 0.251 e. The number of likely N-dealkylation sites (N-methyl/N-ethyl adjacent to an activating group) is 1. The van der Waals surface area contributed by atoms with E-state index in [1.54, 1.807) is 6.07 Å². The Morgan fingerprint density at radius 2 is 2.11 bits per heavy atom. The monoisotopic (exact) mass is 262 g/mol. The Morgan fingerprint density at radius 3 is 2.63 bits per heavy atom. The molecule has 0 saturated carbocycles. The van der Waals surface area contributed by atoms with Gasteiger partial charge in [-0.25, -0.2) is 0 Å². The van der Waals surface area contributed by atoms with Crippen LogP contribution in [0.4, 0.5) is 11.4 Å². The number of carbonyl (C=O) groups is 3. The fraction of sp³-hybridized carbons (Fsp3) is 0.250. The normalized spacial score (nSPS) is 18.8. The summed E-state index contributed by atoms with van der Waals surface area (Å²) in [5, 5.41) is 2.85. The molecule has 1 aliphatic rings. The van der Waals surface area contributed by atoms with E-state index in [1.807, 2.05) is 0 Å². The molecule has 1 unspecified atom stereocenters. The molecule has 3 amide bonds. The van der Waals surface area contributed by atoms with E-state index < -0.39 is 11.9 Å². The molecule has 7 heteroatoms. The summed E-state index contributed by atoms with van der Waals surface area (Å²) in [5.74, 6) is -1.25. The standard InChI is InChI=1S/C12H14N4O3/c1-16-10(17)5-9(12(16)19)15-8-4-6(13)2-3-7(8)11(14)18/h2-4,9,15H,5,13H2,1H3,(H2,14,18). The number of carbonyl (C=O) groups excluding carboxylic acids is 3. The lowest BCUT2D eigenvalue weighted by molar-refractivity contribution is -0.136. The van der Waals surface area contributed by atoms with Crippen molar-refractivity contribution < 1.29 is 14.4 Å². The Morgan fingerprint density at radius 1 is 1.42 bits per heavy atom. The first-order valence-corrected chi connectivity index (χ1v) is 5.66. The largest absolute Gasteiger partial charge is 0.399 e. The van der Waals surface area contributed by atoms with Crippen LogP contribution in [0, 0.1) is 0 Å². The molecule has 1 heterocycles. The molecule has 1 aromatic carbocycles. The van der Waals surface area contributed by atoms with Gasteiger partial charge in [0.15, 0.2) is 0 Å². The summed E-state index contributed by atoms with van der Waals surface area (Å²) in [4.78, 5) is 35.5. The van der Waals surface area contributed by atoms with Crippen LogP contribution >= 0.6 is 0 Å².